The number of likely N-dealkylation sites (tertiary alicyclic amines) is 1. The molecule has 3 heterocycles. The molecule has 0 aliphatic carbocycles. The molecule has 39 heavy (non-hydrogen) atoms. The van der Waals surface area contributed by atoms with Gasteiger partial charge in [0.2, 0.25) is 0 Å². The van der Waals surface area contributed by atoms with E-state index in [9.17, 15) is 14.7 Å². The van der Waals surface area contributed by atoms with Crippen LogP contribution in [0.4, 0.5) is 0 Å². The third-order valence-electron chi connectivity index (χ3n) is 7.08. The van der Waals surface area contributed by atoms with Crippen LogP contribution in [0.15, 0.2) is 69.1 Å². The van der Waals surface area contributed by atoms with Crippen LogP contribution in [0.2, 0.25) is 0 Å². The monoisotopic (exact) mass is 543 g/mol. The third-order valence-corrected chi connectivity index (χ3v) is 7.82. The Kier molecular flexibility index (Phi) is 7.90. The van der Waals surface area contributed by atoms with Gasteiger partial charge in [-0.25, -0.2) is 4.98 Å². The molecule has 1 aliphatic rings. The molecule has 6 rings (SSSR count). The van der Waals surface area contributed by atoms with Gasteiger partial charge >= 0.3 is 0 Å². The quantitative estimate of drug-likeness (QED) is 0.246. The van der Waals surface area contributed by atoms with Gasteiger partial charge in [0, 0.05) is 17.0 Å². The van der Waals surface area contributed by atoms with Crippen molar-refractivity contribution >= 4 is 33.7 Å². The van der Waals surface area contributed by atoms with E-state index >= 15 is 0 Å². The van der Waals surface area contributed by atoms with E-state index in [1.165, 1.54) is 12.8 Å². The molecular formula is C30H33N5O3S. The van der Waals surface area contributed by atoms with Gasteiger partial charge in [-0.05, 0) is 73.6 Å². The van der Waals surface area contributed by atoms with Crippen LogP contribution < -0.4 is 11.1 Å². The number of benzene rings is 3. The average molecular weight is 544 g/mol. The van der Waals surface area contributed by atoms with Gasteiger partial charge in [0.15, 0.2) is 0 Å². The van der Waals surface area contributed by atoms with E-state index < -0.39 is 0 Å². The van der Waals surface area contributed by atoms with Crippen molar-refractivity contribution in [1.29, 1.82) is 0 Å². The lowest BCUT2D eigenvalue weighted by atomic mass is 10.0. The zero-order valence-electron chi connectivity index (χ0n) is 22.5. The number of aromatic amines is 2. The van der Waals surface area contributed by atoms with Crippen molar-refractivity contribution in [2.24, 2.45) is 0 Å². The van der Waals surface area contributed by atoms with Crippen LogP contribution in [0.3, 0.4) is 0 Å². The normalized spacial score (nSPS) is 13.6. The molecular weight excluding hydrogens is 510 g/mol. The number of para-hydroxylation sites is 1. The minimum atomic E-state index is -0.389. The predicted octanol–water partition coefficient (Wildman–Crippen LogP) is 5.45. The van der Waals surface area contributed by atoms with Crippen LogP contribution in [0, 0.1) is 0 Å². The number of H-pyrrole nitrogens is 2. The predicted molar refractivity (Wildman–Crippen MR) is 160 cm³/mol. The molecule has 0 spiro atoms. The highest BCUT2D eigenvalue weighted by Crippen LogP contribution is 2.32. The Labute approximate surface area is 230 Å². The second kappa shape index (κ2) is 11.5. The second-order valence-corrected chi connectivity index (χ2v) is 10.3. The molecule has 3 N–H and O–H groups in total. The fraction of sp³-hybridized carbons (Fsp3) is 0.300. The molecule has 1 saturated heterocycles. The molecule has 0 bridgehead atoms. The first kappa shape index (κ1) is 26.8. The van der Waals surface area contributed by atoms with E-state index in [0.29, 0.717) is 34.0 Å². The number of aromatic nitrogens is 4. The van der Waals surface area contributed by atoms with Crippen LogP contribution in [0.5, 0.6) is 5.75 Å². The summed E-state index contributed by atoms with van der Waals surface area (Å²) in [7, 11) is 0. The Hall–Kier alpha value is -3.82. The summed E-state index contributed by atoms with van der Waals surface area (Å²) in [6, 6.07) is 16.8. The largest absolute Gasteiger partial charge is 0.506 e. The molecule has 3 aromatic carbocycles. The van der Waals surface area contributed by atoms with Crippen LogP contribution in [-0.4, -0.2) is 55.6 Å². The number of nitrogens with one attached hydrogen (secondary N) is 2. The smallest absolute Gasteiger partial charge is 0.275 e. The topological polar surface area (TPSA) is 107 Å². The number of fused-ring (bicyclic) bond motifs is 2. The number of nitrogens with zero attached hydrogens (tertiary/aromatic N) is 3. The summed E-state index contributed by atoms with van der Waals surface area (Å²) in [5.74, 6) is -0.0252. The van der Waals surface area contributed by atoms with Gasteiger partial charge in [-0.3, -0.25) is 19.4 Å². The summed E-state index contributed by atoms with van der Waals surface area (Å²) in [6.45, 7) is 7.47. The first-order chi connectivity index (χ1) is 19.0. The van der Waals surface area contributed by atoms with Crippen LogP contribution >= 0.6 is 11.8 Å². The third kappa shape index (κ3) is 5.24. The van der Waals surface area contributed by atoms with Crippen molar-refractivity contribution in [2.45, 2.75) is 38.1 Å². The van der Waals surface area contributed by atoms with Gasteiger partial charge < -0.3 is 15.0 Å². The molecule has 202 valence electrons. The fourth-order valence-corrected chi connectivity index (χ4v) is 5.50. The van der Waals surface area contributed by atoms with E-state index in [1.807, 2.05) is 50.4 Å². The zero-order valence-corrected chi connectivity index (χ0v) is 23.3. The maximum Gasteiger partial charge on any atom is 0.275 e. The maximum absolute atomic E-state index is 13.2. The van der Waals surface area contributed by atoms with E-state index in [4.69, 9.17) is 0 Å². The minimum absolute atomic E-state index is 0.0252. The Morgan fingerprint density at radius 2 is 1.72 bits per heavy atom. The number of rotatable bonds is 6. The number of phenolic OH excluding ortho intramolecular Hbond substituents is 1. The van der Waals surface area contributed by atoms with E-state index in [2.05, 4.69) is 20.0 Å². The van der Waals surface area contributed by atoms with Gasteiger partial charge in [0.25, 0.3) is 11.1 Å². The first-order valence-corrected chi connectivity index (χ1v) is 14.6. The van der Waals surface area contributed by atoms with Crippen molar-refractivity contribution in [3.63, 3.8) is 0 Å². The molecule has 9 heteroatoms. The Morgan fingerprint density at radius 1 is 0.974 bits per heavy atom. The molecule has 0 unspecified atom stereocenters. The van der Waals surface area contributed by atoms with Gasteiger partial charge in [-0.1, -0.05) is 38.1 Å². The number of hydrogen-bond donors (Lipinski definition) is 3. The summed E-state index contributed by atoms with van der Waals surface area (Å²) >= 11 is 1.66. The molecule has 8 nitrogen and oxygen atoms in total. The lowest BCUT2D eigenvalue weighted by Gasteiger charge is -2.13. The summed E-state index contributed by atoms with van der Waals surface area (Å²) in [5, 5.41) is 14.6. The van der Waals surface area contributed by atoms with Gasteiger partial charge in [-0.15, -0.1) is 11.8 Å². The van der Waals surface area contributed by atoms with Crippen molar-refractivity contribution in [3.8, 4) is 28.1 Å². The van der Waals surface area contributed by atoms with Crippen LogP contribution in [0.25, 0.3) is 44.3 Å². The summed E-state index contributed by atoms with van der Waals surface area (Å²) in [4.78, 5) is 37.2. The standard InChI is InChI=1S/C28H27N5O3S.C2H6/c1-37-19-9-7-17(8-10-19)18-15-22-26(23(34)16-18)30-25(27(35)29-22)20-5-4-6-21-24(20)31-33(28(21)36)14-13-32-11-2-3-12-32;1-2/h4-10,15-16,31,34H,2-3,11-14H2,1H3,(H,29,35);1-2H3. The summed E-state index contributed by atoms with van der Waals surface area (Å²) in [6.07, 6.45) is 4.41. The Balaban J connectivity index is 0.00000151. The van der Waals surface area contributed by atoms with Crippen molar-refractivity contribution < 1.29 is 5.11 Å². The van der Waals surface area contributed by atoms with Gasteiger partial charge in [0.1, 0.15) is 17.0 Å². The first-order valence-electron chi connectivity index (χ1n) is 13.4. The summed E-state index contributed by atoms with van der Waals surface area (Å²) in [5.41, 5.74) is 3.19. The summed E-state index contributed by atoms with van der Waals surface area (Å²) < 4.78 is 1.60. The lowest BCUT2D eigenvalue weighted by molar-refractivity contribution is 0.314. The van der Waals surface area contributed by atoms with Gasteiger partial charge in [0.05, 0.1) is 23.0 Å². The van der Waals surface area contributed by atoms with Crippen molar-refractivity contribution in [1.82, 2.24) is 24.6 Å². The molecule has 2 aromatic heterocycles. The maximum atomic E-state index is 13.2. The molecule has 0 saturated carbocycles. The van der Waals surface area contributed by atoms with Crippen LogP contribution in [0.1, 0.15) is 26.7 Å². The minimum Gasteiger partial charge on any atom is -0.506 e. The highest BCUT2D eigenvalue weighted by molar-refractivity contribution is 7.98. The SMILES string of the molecule is CC.CSc1ccc(-c2cc(O)c3nc(-c4cccc5c(=O)n(CCN6CCCC6)[nH]c45)c(=O)[nH]c3c2)cc1. The highest BCUT2D eigenvalue weighted by Gasteiger charge is 2.18. The van der Waals surface area contributed by atoms with Crippen molar-refractivity contribution in [2.75, 3.05) is 25.9 Å². The highest BCUT2D eigenvalue weighted by atomic mass is 32.2. The fourth-order valence-electron chi connectivity index (χ4n) is 5.09. The molecule has 1 fully saturated rings. The number of thioether (sulfide) groups is 1. The molecule has 0 amide bonds. The molecule has 1 aliphatic heterocycles. The van der Waals surface area contributed by atoms with E-state index in [-0.39, 0.29) is 22.6 Å². The second-order valence-electron chi connectivity index (χ2n) is 9.38. The lowest BCUT2D eigenvalue weighted by Crippen LogP contribution is -2.28. The molecule has 0 atom stereocenters. The van der Waals surface area contributed by atoms with Crippen LogP contribution in [-0.2, 0) is 6.54 Å². The average Bonchev–Trinajstić information content (AvgIpc) is 3.60. The molecule has 5 aromatic rings. The number of hydrogen-bond acceptors (Lipinski definition) is 6. The Morgan fingerprint density at radius 3 is 2.44 bits per heavy atom. The Bertz CT molecular complexity index is 1730. The van der Waals surface area contributed by atoms with Crippen molar-refractivity contribution in [3.05, 3.63) is 75.3 Å². The van der Waals surface area contributed by atoms with E-state index in [0.717, 1.165) is 35.7 Å². The van der Waals surface area contributed by atoms with E-state index in [1.54, 1.807) is 40.7 Å². The molecule has 0 radical (unpaired) electrons. The van der Waals surface area contributed by atoms with Gasteiger partial charge in [-0.2, -0.15) is 0 Å². The zero-order chi connectivity index (χ0) is 27.5. The number of phenols is 1. The number of aromatic hydroxyl groups is 1.